The van der Waals surface area contributed by atoms with Crippen LogP contribution in [0.25, 0.3) is 32.7 Å². The van der Waals surface area contributed by atoms with Crippen molar-refractivity contribution in [1.29, 1.82) is 0 Å². The molecule has 0 atom stereocenters. The summed E-state index contributed by atoms with van der Waals surface area (Å²) >= 11 is 0. The van der Waals surface area contributed by atoms with Crippen molar-refractivity contribution in [3.63, 3.8) is 0 Å². The van der Waals surface area contributed by atoms with E-state index in [1.54, 1.807) is 0 Å². The Labute approximate surface area is 110 Å². The van der Waals surface area contributed by atoms with E-state index in [0.29, 0.717) is 0 Å². The number of pyridine rings is 1. The quantitative estimate of drug-likeness (QED) is 0.448. The molecular formula is C17H13NO. The van der Waals surface area contributed by atoms with Gasteiger partial charge in [-0.25, -0.2) is 0 Å². The van der Waals surface area contributed by atoms with Gasteiger partial charge in [0.05, 0.1) is 0 Å². The van der Waals surface area contributed by atoms with Gasteiger partial charge >= 0.3 is 0 Å². The lowest BCUT2D eigenvalue weighted by molar-refractivity contribution is 0.666. The third-order valence-electron chi connectivity index (χ3n) is 3.94. The second kappa shape index (κ2) is 3.58. The topological polar surface area (TPSA) is 26.0 Å². The largest absolute Gasteiger partial charge is 0.456 e. The van der Waals surface area contributed by atoms with Crippen molar-refractivity contribution >= 4 is 32.7 Å². The second-order valence-corrected chi connectivity index (χ2v) is 4.97. The molecule has 2 aromatic carbocycles. The van der Waals surface area contributed by atoms with Crippen molar-refractivity contribution in [3.8, 4) is 0 Å². The maximum absolute atomic E-state index is 6.05. The summed E-state index contributed by atoms with van der Waals surface area (Å²) in [6, 6.07) is 10.3. The summed E-state index contributed by atoms with van der Waals surface area (Å²) < 4.78 is 6.05. The predicted octanol–water partition coefficient (Wildman–Crippen LogP) is 4.75. The Bertz CT molecular complexity index is 934. The number of aromatic nitrogens is 1. The first-order valence-electron chi connectivity index (χ1n) is 6.41. The SMILES string of the molecule is Cc1c2ccncc2c(C)c2c1oc1ccccc12. The van der Waals surface area contributed by atoms with Gasteiger partial charge in [-0.05, 0) is 36.9 Å². The van der Waals surface area contributed by atoms with Crippen LogP contribution in [0.15, 0.2) is 47.1 Å². The fraction of sp³-hybridized carbons (Fsp3) is 0.118. The Morgan fingerprint density at radius 3 is 2.63 bits per heavy atom. The number of hydrogen-bond donors (Lipinski definition) is 0. The van der Waals surface area contributed by atoms with E-state index in [4.69, 9.17) is 4.42 Å². The van der Waals surface area contributed by atoms with Crippen LogP contribution in [0.2, 0.25) is 0 Å². The molecule has 0 N–H and O–H groups in total. The highest BCUT2D eigenvalue weighted by atomic mass is 16.3. The average Bonchev–Trinajstić information content (AvgIpc) is 2.84. The molecule has 0 unspecified atom stereocenters. The third kappa shape index (κ3) is 1.28. The first-order chi connectivity index (χ1) is 9.27. The van der Waals surface area contributed by atoms with E-state index in [0.717, 1.165) is 11.2 Å². The first-order valence-corrected chi connectivity index (χ1v) is 6.41. The molecule has 0 fully saturated rings. The molecule has 92 valence electrons. The zero-order valence-electron chi connectivity index (χ0n) is 10.9. The van der Waals surface area contributed by atoms with Crippen LogP contribution in [-0.2, 0) is 0 Å². The van der Waals surface area contributed by atoms with E-state index in [1.165, 1.54) is 32.7 Å². The summed E-state index contributed by atoms with van der Waals surface area (Å²) in [7, 11) is 0. The summed E-state index contributed by atoms with van der Waals surface area (Å²) in [6.07, 6.45) is 3.78. The highest BCUT2D eigenvalue weighted by Crippen LogP contribution is 2.37. The van der Waals surface area contributed by atoms with Crippen LogP contribution < -0.4 is 0 Å². The Morgan fingerprint density at radius 1 is 0.895 bits per heavy atom. The van der Waals surface area contributed by atoms with Crippen LogP contribution in [0, 0.1) is 13.8 Å². The van der Waals surface area contributed by atoms with Crippen molar-refractivity contribution in [2.75, 3.05) is 0 Å². The van der Waals surface area contributed by atoms with Gasteiger partial charge in [0.15, 0.2) is 0 Å². The van der Waals surface area contributed by atoms with Gasteiger partial charge in [-0.1, -0.05) is 18.2 Å². The number of nitrogens with zero attached hydrogens (tertiary/aromatic N) is 1. The van der Waals surface area contributed by atoms with Crippen LogP contribution in [0.1, 0.15) is 11.1 Å². The van der Waals surface area contributed by atoms with Gasteiger partial charge < -0.3 is 4.42 Å². The van der Waals surface area contributed by atoms with Crippen molar-refractivity contribution in [2.45, 2.75) is 13.8 Å². The van der Waals surface area contributed by atoms with Crippen molar-refractivity contribution < 1.29 is 4.42 Å². The maximum atomic E-state index is 6.05. The molecule has 0 spiro atoms. The van der Waals surface area contributed by atoms with E-state index < -0.39 is 0 Å². The van der Waals surface area contributed by atoms with Crippen molar-refractivity contribution in [2.24, 2.45) is 0 Å². The molecule has 2 heterocycles. The monoisotopic (exact) mass is 247 g/mol. The van der Waals surface area contributed by atoms with Crippen molar-refractivity contribution in [3.05, 3.63) is 53.9 Å². The summed E-state index contributed by atoms with van der Waals surface area (Å²) in [6.45, 7) is 4.26. The zero-order chi connectivity index (χ0) is 13.0. The number of furan rings is 1. The van der Waals surface area contributed by atoms with Crippen LogP contribution >= 0.6 is 0 Å². The van der Waals surface area contributed by atoms with Gasteiger partial charge in [-0.3, -0.25) is 4.98 Å². The Morgan fingerprint density at radius 2 is 1.74 bits per heavy atom. The van der Waals surface area contributed by atoms with Crippen LogP contribution in [-0.4, -0.2) is 4.98 Å². The van der Waals surface area contributed by atoms with Gasteiger partial charge in [0.25, 0.3) is 0 Å². The Balaban J connectivity index is 2.39. The lowest BCUT2D eigenvalue weighted by atomic mass is 9.97. The molecule has 19 heavy (non-hydrogen) atoms. The molecular weight excluding hydrogens is 234 g/mol. The molecule has 0 aliphatic rings. The lowest BCUT2D eigenvalue weighted by Crippen LogP contribution is -1.86. The van der Waals surface area contributed by atoms with E-state index in [1.807, 2.05) is 24.5 Å². The zero-order valence-corrected chi connectivity index (χ0v) is 10.9. The Hall–Kier alpha value is -2.35. The second-order valence-electron chi connectivity index (χ2n) is 4.97. The van der Waals surface area contributed by atoms with Crippen LogP contribution in [0.3, 0.4) is 0 Å². The minimum absolute atomic E-state index is 0.951. The van der Waals surface area contributed by atoms with Gasteiger partial charge in [-0.2, -0.15) is 0 Å². The summed E-state index contributed by atoms with van der Waals surface area (Å²) in [5.74, 6) is 0. The summed E-state index contributed by atoms with van der Waals surface area (Å²) in [5, 5.41) is 4.83. The minimum atomic E-state index is 0.951. The summed E-state index contributed by atoms with van der Waals surface area (Å²) in [5.41, 5.74) is 4.38. The number of hydrogen-bond acceptors (Lipinski definition) is 2. The number of aryl methyl sites for hydroxylation is 2. The molecule has 0 bridgehead atoms. The fourth-order valence-corrected chi connectivity index (χ4v) is 2.96. The highest BCUT2D eigenvalue weighted by Gasteiger charge is 2.15. The highest BCUT2D eigenvalue weighted by molar-refractivity contribution is 6.14. The molecule has 0 aliphatic heterocycles. The average molecular weight is 247 g/mol. The van der Waals surface area contributed by atoms with Gasteiger partial charge in [0, 0.05) is 34.1 Å². The molecule has 0 saturated heterocycles. The smallest absolute Gasteiger partial charge is 0.139 e. The first kappa shape index (κ1) is 10.6. The predicted molar refractivity (Wildman–Crippen MR) is 78.5 cm³/mol. The molecule has 2 nitrogen and oxygen atoms in total. The number of fused-ring (bicyclic) bond motifs is 4. The fourth-order valence-electron chi connectivity index (χ4n) is 2.96. The van der Waals surface area contributed by atoms with Gasteiger partial charge in [0.1, 0.15) is 11.2 Å². The van der Waals surface area contributed by atoms with Crippen molar-refractivity contribution in [1.82, 2.24) is 4.98 Å². The normalized spacial score (nSPS) is 11.7. The van der Waals surface area contributed by atoms with E-state index in [2.05, 4.69) is 37.0 Å². The molecule has 4 aromatic rings. The molecule has 2 aromatic heterocycles. The molecule has 2 heteroatoms. The van der Waals surface area contributed by atoms with E-state index in [9.17, 15) is 0 Å². The van der Waals surface area contributed by atoms with E-state index in [-0.39, 0.29) is 0 Å². The lowest BCUT2D eigenvalue weighted by Gasteiger charge is -2.06. The molecule has 0 aliphatic carbocycles. The molecule has 4 rings (SSSR count). The molecule has 0 radical (unpaired) electrons. The third-order valence-corrected chi connectivity index (χ3v) is 3.94. The standard InChI is InChI=1S/C17H13NO/c1-10-14-9-18-8-7-12(14)11(2)17-16(10)13-5-3-4-6-15(13)19-17/h3-9H,1-2H3. The van der Waals surface area contributed by atoms with E-state index >= 15 is 0 Å². The number of benzene rings is 2. The summed E-state index contributed by atoms with van der Waals surface area (Å²) in [4.78, 5) is 4.26. The number of para-hydroxylation sites is 1. The van der Waals surface area contributed by atoms with Crippen LogP contribution in [0.4, 0.5) is 0 Å². The van der Waals surface area contributed by atoms with Gasteiger partial charge in [-0.15, -0.1) is 0 Å². The maximum Gasteiger partial charge on any atom is 0.139 e. The molecule has 0 saturated carbocycles. The van der Waals surface area contributed by atoms with Crippen LogP contribution in [0.5, 0.6) is 0 Å². The molecule has 0 amide bonds. The minimum Gasteiger partial charge on any atom is -0.456 e. The number of rotatable bonds is 0. The Kier molecular flexibility index (Phi) is 1.99. The van der Waals surface area contributed by atoms with Gasteiger partial charge in [0.2, 0.25) is 0 Å².